The van der Waals surface area contributed by atoms with Gasteiger partial charge in [0.25, 0.3) is 0 Å². The zero-order valence-electron chi connectivity index (χ0n) is 16.5. The van der Waals surface area contributed by atoms with E-state index in [1.807, 2.05) is 22.8 Å². The van der Waals surface area contributed by atoms with Crippen LogP contribution in [-0.2, 0) is 11.3 Å². The molecule has 7 heteroatoms. The lowest BCUT2D eigenvalue weighted by Gasteiger charge is -2.28. The van der Waals surface area contributed by atoms with E-state index in [4.69, 9.17) is 9.84 Å². The van der Waals surface area contributed by atoms with Crippen molar-refractivity contribution in [3.05, 3.63) is 78.2 Å². The van der Waals surface area contributed by atoms with Gasteiger partial charge in [0.15, 0.2) is 5.65 Å². The third-order valence-corrected chi connectivity index (χ3v) is 5.29. The molecule has 3 heterocycles. The van der Waals surface area contributed by atoms with Crippen LogP contribution in [0.25, 0.3) is 16.9 Å². The summed E-state index contributed by atoms with van der Waals surface area (Å²) >= 11 is 0. The first kappa shape index (κ1) is 18.6. The Kier molecular flexibility index (Phi) is 5.03. The van der Waals surface area contributed by atoms with E-state index in [9.17, 15) is 4.39 Å². The molecule has 6 nitrogen and oxygen atoms in total. The van der Waals surface area contributed by atoms with Crippen LogP contribution in [-0.4, -0.2) is 40.9 Å². The molecule has 1 saturated heterocycles. The lowest BCUT2D eigenvalue weighted by molar-refractivity contribution is 0.122. The van der Waals surface area contributed by atoms with Gasteiger partial charge in [-0.05, 0) is 42.0 Å². The first-order valence-electron chi connectivity index (χ1n) is 10.0. The average molecular weight is 403 g/mol. The van der Waals surface area contributed by atoms with Crippen molar-refractivity contribution in [1.82, 2.24) is 14.6 Å². The molecule has 1 aliphatic rings. The monoisotopic (exact) mass is 403 g/mol. The van der Waals surface area contributed by atoms with Gasteiger partial charge in [-0.1, -0.05) is 24.3 Å². The van der Waals surface area contributed by atoms with Crippen LogP contribution in [0.15, 0.2) is 66.9 Å². The Morgan fingerprint density at radius 2 is 1.70 bits per heavy atom. The highest BCUT2D eigenvalue weighted by molar-refractivity contribution is 5.66. The summed E-state index contributed by atoms with van der Waals surface area (Å²) in [5, 5.41) is 7.99. The molecule has 1 aliphatic heterocycles. The topological polar surface area (TPSA) is 54.7 Å². The van der Waals surface area contributed by atoms with Gasteiger partial charge >= 0.3 is 0 Å². The minimum absolute atomic E-state index is 0.235. The summed E-state index contributed by atoms with van der Waals surface area (Å²) in [4.78, 5) is 6.81. The van der Waals surface area contributed by atoms with E-state index in [2.05, 4.69) is 39.5 Å². The van der Waals surface area contributed by atoms with E-state index < -0.39 is 0 Å². The highest BCUT2D eigenvalue weighted by Crippen LogP contribution is 2.25. The zero-order valence-corrected chi connectivity index (χ0v) is 16.5. The van der Waals surface area contributed by atoms with Crippen LogP contribution in [0, 0.1) is 5.82 Å². The summed E-state index contributed by atoms with van der Waals surface area (Å²) in [6.45, 7) is 3.94. The summed E-state index contributed by atoms with van der Waals surface area (Å²) in [6.07, 6.45) is 1.84. The van der Waals surface area contributed by atoms with Crippen molar-refractivity contribution >= 4 is 17.2 Å². The molecule has 152 valence electrons. The van der Waals surface area contributed by atoms with Gasteiger partial charge in [0.2, 0.25) is 0 Å². The Balaban J connectivity index is 1.36. The largest absolute Gasteiger partial charge is 0.378 e. The SMILES string of the molecule is Fc1ccc(CNc2ccc3ncc(-c4ccc(N5CCOCC5)cc4)n3n2)cc1. The second-order valence-electron chi connectivity index (χ2n) is 7.26. The number of hydrogen-bond donors (Lipinski definition) is 1. The molecule has 4 aromatic rings. The van der Waals surface area contributed by atoms with Gasteiger partial charge in [0, 0.05) is 30.9 Å². The van der Waals surface area contributed by atoms with Crippen LogP contribution in [0.3, 0.4) is 0 Å². The number of ether oxygens (including phenoxy) is 1. The summed E-state index contributed by atoms with van der Waals surface area (Å²) < 4.78 is 20.4. The smallest absolute Gasteiger partial charge is 0.154 e. The third-order valence-electron chi connectivity index (χ3n) is 5.29. The van der Waals surface area contributed by atoms with Gasteiger partial charge in [-0.2, -0.15) is 0 Å². The second kappa shape index (κ2) is 8.12. The van der Waals surface area contributed by atoms with E-state index in [0.717, 1.165) is 54.6 Å². The third kappa shape index (κ3) is 3.84. The van der Waals surface area contributed by atoms with Crippen molar-refractivity contribution in [2.75, 3.05) is 36.5 Å². The molecule has 0 atom stereocenters. The number of hydrogen-bond acceptors (Lipinski definition) is 5. The number of benzene rings is 2. The summed E-state index contributed by atoms with van der Waals surface area (Å²) in [5.41, 5.74) is 4.97. The van der Waals surface area contributed by atoms with Crippen molar-refractivity contribution in [3.63, 3.8) is 0 Å². The van der Waals surface area contributed by atoms with Crippen molar-refractivity contribution in [2.45, 2.75) is 6.54 Å². The predicted octanol–water partition coefficient (Wildman–Crippen LogP) is 3.98. The number of halogens is 1. The normalized spacial score (nSPS) is 14.2. The van der Waals surface area contributed by atoms with Gasteiger partial charge in [-0.25, -0.2) is 13.9 Å². The summed E-state index contributed by atoms with van der Waals surface area (Å²) in [6, 6.07) is 18.8. The van der Waals surface area contributed by atoms with Crippen molar-refractivity contribution in [3.8, 4) is 11.3 Å². The Morgan fingerprint density at radius 1 is 0.933 bits per heavy atom. The Morgan fingerprint density at radius 3 is 2.47 bits per heavy atom. The number of nitrogens with zero attached hydrogens (tertiary/aromatic N) is 4. The summed E-state index contributed by atoms with van der Waals surface area (Å²) in [7, 11) is 0. The number of aromatic nitrogens is 3. The van der Waals surface area contributed by atoms with Crippen molar-refractivity contribution in [2.24, 2.45) is 0 Å². The van der Waals surface area contributed by atoms with Crippen LogP contribution in [0.5, 0.6) is 0 Å². The zero-order chi connectivity index (χ0) is 20.3. The molecule has 0 radical (unpaired) electrons. The van der Waals surface area contributed by atoms with E-state index >= 15 is 0 Å². The maximum absolute atomic E-state index is 13.1. The van der Waals surface area contributed by atoms with Crippen molar-refractivity contribution < 1.29 is 9.13 Å². The van der Waals surface area contributed by atoms with Gasteiger partial charge in [0.05, 0.1) is 25.1 Å². The standard InChI is InChI=1S/C23H22FN5O/c24-19-5-1-17(2-6-19)15-25-22-9-10-23-26-16-21(29(23)27-22)18-3-7-20(8-4-18)28-11-13-30-14-12-28/h1-10,16H,11-15H2,(H,25,27). The average Bonchev–Trinajstić information content (AvgIpc) is 3.23. The number of morpholine rings is 1. The molecule has 1 N–H and O–H groups in total. The molecule has 1 fully saturated rings. The van der Waals surface area contributed by atoms with Crippen LogP contribution in [0.4, 0.5) is 15.9 Å². The Bertz CT molecular complexity index is 1130. The highest BCUT2D eigenvalue weighted by Gasteiger charge is 2.12. The maximum atomic E-state index is 13.1. The molecule has 2 aromatic carbocycles. The van der Waals surface area contributed by atoms with Crippen molar-refractivity contribution in [1.29, 1.82) is 0 Å². The number of fused-ring (bicyclic) bond motifs is 1. The quantitative estimate of drug-likeness (QED) is 0.546. The Labute approximate surface area is 173 Å². The van der Waals surface area contributed by atoms with E-state index in [-0.39, 0.29) is 5.82 Å². The maximum Gasteiger partial charge on any atom is 0.154 e. The van der Waals surface area contributed by atoms with E-state index in [1.54, 1.807) is 12.1 Å². The molecule has 0 unspecified atom stereocenters. The minimum atomic E-state index is -0.235. The first-order chi connectivity index (χ1) is 14.8. The van der Waals surface area contributed by atoms with Gasteiger partial charge in [0.1, 0.15) is 11.6 Å². The predicted molar refractivity (Wildman–Crippen MR) is 115 cm³/mol. The fraction of sp³-hybridized carbons (Fsp3) is 0.217. The van der Waals surface area contributed by atoms with Gasteiger partial charge in [-0.15, -0.1) is 5.10 Å². The van der Waals surface area contributed by atoms with E-state index in [1.165, 1.54) is 17.8 Å². The number of nitrogens with one attached hydrogen (secondary N) is 1. The molecule has 0 bridgehead atoms. The highest BCUT2D eigenvalue weighted by atomic mass is 19.1. The van der Waals surface area contributed by atoms with Crippen LogP contribution in [0.1, 0.15) is 5.56 Å². The summed E-state index contributed by atoms with van der Waals surface area (Å²) in [5.74, 6) is 0.497. The molecular formula is C23H22FN5O. The fourth-order valence-corrected chi connectivity index (χ4v) is 3.62. The Hall–Kier alpha value is -3.45. The van der Waals surface area contributed by atoms with Crippen LogP contribution < -0.4 is 10.2 Å². The van der Waals surface area contributed by atoms with Gasteiger partial charge in [-0.3, -0.25) is 0 Å². The molecule has 5 rings (SSSR count). The molecule has 0 spiro atoms. The fourth-order valence-electron chi connectivity index (χ4n) is 3.62. The lowest BCUT2D eigenvalue weighted by Crippen LogP contribution is -2.36. The molecule has 0 amide bonds. The van der Waals surface area contributed by atoms with Crippen LogP contribution in [0.2, 0.25) is 0 Å². The minimum Gasteiger partial charge on any atom is -0.378 e. The first-order valence-corrected chi connectivity index (χ1v) is 10.0. The molecule has 0 aliphatic carbocycles. The molecule has 0 saturated carbocycles. The van der Waals surface area contributed by atoms with Gasteiger partial charge < -0.3 is 15.0 Å². The molecular weight excluding hydrogens is 381 g/mol. The molecule has 2 aromatic heterocycles. The second-order valence-corrected chi connectivity index (χ2v) is 7.26. The lowest BCUT2D eigenvalue weighted by atomic mass is 10.1. The molecule has 30 heavy (non-hydrogen) atoms. The number of rotatable bonds is 5. The van der Waals surface area contributed by atoms with E-state index in [0.29, 0.717) is 6.54 Å². The number of imidazole rings is 1. The van der Waals surface area contributed by atoms with Crippen LogP contribution >= 0.6 is 0 Å². The number of anilines is 2.